The predicted octanol–water partition coefficient (Wildman–Crippen LogP) is 2.00. The lowest BCUT2D eigenvalue weighted by Crippen LogP contribution is -2.14. The summed E-state index contributed by atoms with van der Waals surface area (Å²) in [6.45, 7) is -0.305. The van der Waals surface area contributed by atoms with Crippen molar-refractivity contribution in [1.29, 1.82) is 0 Å². The van der Waals surface area contributed by atoms with E-state index in [1.807, 2.05) is 0 Å². The first-order chi connectivity index (χ1) is 12.3. The SMILES string of the molecule is CS(=O)(=O)Cc1ccc(C(=O)OCC(=O)c2ccc3c(c2)OCO3)cc1. The number of rotatable bonds is 6. The predicted molar refractivity (Wildman–Crippen MR) is 92.2 cm³/mol. The Morgan fingerprint density at radius 2 is 1.65 bits per heavy atom. The van der Waals surface area contributed by atoms with E-state index in [0.717, 1.165) is 6.26 Å². The van der Waals surface area contributed by atoms with Gasteiger partial charge in [0.1, 0.15) is 0 Å². The maximum absolute atomic E-state index is 12.2. The minimum atomic E-state index is -3.15. The van der Waals surface area contributed by atoms with Gasteiger partial charge in [0.15, 0.2) is 33.7 Å². The lowest BCUT2D eigenvalue weighted by molar-refractivity contribution is 0.0474. The van der Waals surface area contributed by atoms with Crippen LogP contribution in [0.3, 0.4) is 0 Å². The van der Waals surface area contributed by atoms with E-state index < -0.39 is 22.4 Å². The highest BCUT2D eigenvalue weighted by Gasteiger charge is 2.17. The molecule has 7 nitrogen and oxygen atoms in total. The van der Waals surface area contributed by atoms with Gasteiger partial charge in [-0.25, -0.2) is 13.2 Å². The molecule has 3 rings (SSSR count). The molecule has 0 fully saturated rings. The van der Waals surface area contributed by atoms with Crippen molar-refractivity contribution >= 4 is 21.6 Å². The Labute approximate surface area is 150 Å². The Hall–Kier alpha value is -2.87. The molecular formula is C18H16O7S. The zero-order valence-corrected chi connectivity index (χ0v) is 14.7. The van der Waals surface area contributed by atoms with Crippen LogP contribution in [0.2, 0.25) is 0 Å². The Morgan fingerprint density at radius 1 is 1.00 bits per heavy atom. The summed E-state index contributed by atoms with van der Waals surface area (Å²) in [5.41, 5.74) is 1.16. The number of carbonyl (C=O) groups is 2. The highest BCUT2D eigenvalue weighted by atomic mass is 32.2. The third kappa shape index (κ3) is 4.40. The second-order valence-electron chi connectivity index (χ2n) is 5.83. The third-order valence-corrected chi connectivity index (χ3v) is 4.51. The number of hydrogen-bond donors (Lipinski definition) is 0. The van der Waals surface area contributed by atoms with Crippen LogP contribution in [0.5, 0.6) is 11.5 Å². The quantitative estimate of drug-likeness (QED) is 0.562. The molecule has 0 aliphatic carbocycles. The molecule has 0 saturated carbocycles. The van der Waals surface area contributed by atoms with Crippen LogP contribution >= 0.6 is 0 Å². The molecule has 0 spiro atoms. The van der Waals surface area contributed by atoms with Crippen molar-refractivity contribution in [3.63, 3.8) is 0 Å². The number of carbonyl (C=O) groups excluding carboxylic acids is 2. The molecule has 0 saturated heterocycles. The molecule has 0 atom stereocenters. The van der Waals surface area contributed by atoms with Gasteiger partial charge in [-0.1, -0.05) is 12.1 Å². The molecule has 26 heavy (non-hydrogen) atoms. The summed E-state index contributed by atoms with van der Waals surface area (Å²) in [5, 5.41) is 0. The van der Waals surface area contributed by atoms with Gasteiger partial charge in [-0.3, -0.25) is 4.79 Å². The van der Waals surface area contributed by atoms with E-state index in [2.05, 4.69) is 0 Å². The molecule has 8 heteroatoms. The summed E-state index contributed by atoms with van der Waals surface area (Å²) in [5.74, 6) is -0.100. The molecule has 0 N–H and O–H groups in total. The molecule has 0 aromatic heterocycles. The number of ether oxygens (including phenoxy) is 3. The van der Waals surface area contributed by atoms with E-state index in [1.165, 1.54) is 24.3 Å². The van der Waals surface area contributed by atoms with Crippen LogP contribution < -0.4 is 9.47 Å². The van der Waals surface area contributed by atoms with Crippen LogP contribution in [-0.2, 0) is 20.3 Å². The van der Waals surface area contributed by atoms with Crippen LogP contribution in [0.1, 0.15) is 26.3 Å². The molecule has 2 aromatic carbocycles. The largest absolute Gasteiger partial charge is 0.454 e. The van der Waals surface area contributed by atoms with E-state index in [0.29, 0.717) is 22.6 Å². The van der Waals surface area contributed by atoms with Crippen molar-refractivity contribution in [3.8, 4) is 11.5 Å². The van der Waals surface area contributed by atoms with Crippen LogP contribution in [-0.4, -0.2) is 39.8 Å². The maximum atomic E-state index is 12.2. The number of esters is 1. The van der Waals surface area contributed by atoms with Crippen molar-refractivity contribution in [2.24, 2.45) is 0 Å². The zero-order chi connectivity index (χ0) is 18.7. The van der Waals surface area contributed by atoms with Gasteiger partial charge in [-0.05, 0) is 35.9 Å². The number of Topliss-reactive ketones (excluding diaryl/α,β-unsaturated/α-hetero) is 1. The fourth-order valence-electron chi connectivity index (χ4n) is 2.41. The van der Waals surface area contributed by atoms with E-state index in [-0.39, 0.29) is 23.9 Å². The number of hydrogen-bond acceptors (Lipinski definition) is 7. The topological polar surface area (TPSA) is 96.0 Å². The van der Waals surface area contributed by atoms with Gasteiger partial charge >= 0.3 is 5.97 Å². The van der Waals surface area contributed by atoms with E-state index in [1.54, 1.807) is 18.2 Å². The van der Waals surface area contributed by atoms with Gasteiger partial charge in [0.05, 0.1) is 11.3 Å². The van der Waals surface area contributed by atoms with Gasteiger partial charge < -0.3 is 14.2 Å². The van der Waals surface area contributed by atoms with Crippen molar-refractivity contribution in [1.82, 2.24) is 0 Å². The molecule has 0 bridgehead atoms. The zero-order valence-electron chi connectivity index (χ0n) is 13.9. The van der Waals surface area contributed by atoms with E-state index in [9.17, 15) is 18.0 Å². The van der Waals surface area contributed by atoms with Gasteiger partial charge in [-0.2, -0.15) is 0 Å². The molecular weight excluding hydrogens is 360 g/mol. The first kappa shape index (κ1) is 17.9. The van der Waals surface area contributed by atoms with Crippen molar-refractivity contribution in [2.45, 2.75) is 5.75 Å². The molecule has 0 unspecified atom stereocenters. The molecule has 0 radical (unpaired) electrons. The van der Waals surface area contributed by atoms with Gasteiger partial charge in [0.25, 0.3) is 0 Å². The van der Waals surface area contributed by atoms with E-state index >= 15 is 0 Å². The monoisotopic (exact) mass is 376 g/mol. The lowest BCUT2D eigenvalue weighted by atomic mass is 10.1. The molecule has 2 aromatic rings. The number of fused-ring (bicyclic) bond motifs is 1. The highest BCUT2D eigenvalue weighted by molar-refractivity contribution is 7.89. The highest BCUT2D eigenvalue weighted by Crippen LogP contribution is 2.32. The third-order valence-electron chi connectivity index (χ3n) is 3.65. The minimum Gasteiger partial charge on any atom is -0.454 e. The Morgan fingerprint density at radius 3 is 2.35 bits per heavy atom. The van der Waals surface area contributed by atoms with E-state index in [4.69, 9.17) is 14.2 Å². The summed E-state index contributed by atoms with van der Waals surface area (Å²) in [4.78, 5) is 24.2. The molecule has 136 valence electrons. The van der Waals surface area contributed by atoms with Crippen molar-refractivity contribution in [2.75, 3.05) is 19.7 Å². The molecule has 0 amide bonds. The second kappa shape index (κ2) is 7.17. The standard InChI is InChI=1S/C18H16O7S/c1-26(21,22)10-12-2-4-13(5-3-12)18(20)23-9-15(19)14-6-7-16-17(8-14)25-11-24-16/h2-8H,9-11H2,1H3. The van der Waals surface area contributed by atoms with Gasteiger partial charge in [0.2, 0.25) is 6.79 Å². The Balaban J connectivity index is 1.59. The van der Waals surface area contributed by atoms with Gasteiger partial charge in [0, 0.05) is 11.8 Å². The van der Waals surface area contributed by atoms with Crippen LogP contribution in [0.25, 0.3) is 0 Å². The average Bonchev–Trinajstić information content (AvgIpc) is 3.06. The number of sulfone groups is 1. The smallest absolute Gasteiger partial charge is 0.338 e. The summed E-state index contributed by atoms with van der Waals surface area (Å²) in [6, 6.07) is 10.7. The molecule has 1 aliphatic rings. The molecule has 1 heterocycles. The molecule has 1 aliphatic heterocycles. The van der Waals surface area contributed by atoms with Crippen LogP contribution in [0.4, 0.5) is 0 Å². The summed E-state index contributed by atoms with van der Waals surface area (Å²) in [7, 11) is -3.15. The Bertz CT molecular complexity index is 946. The summed E-state index contributed by atoms with van der Waals surface area (Å²) < 4.78 is 37.9. The first-order valence-corrected chi connectivity index (χ1v) is 9.74. The van der Waals surface area contributed by atoms with Crippen molar-refractivity contribution < 1.29 is 32.2 Å². The van der Waals surface area contributed by atoms with Crippen LogP contribution in [0, 0.1) is 0 Å². The number of benzene rings is 2. The number of ketones is 1. The normalized spacial score (nSPS) is 12.7. The summed E-state index contributed by atoms with van der Waals surface area (Å²) in [6.07, 6.45) is 1.14. The average molecular weight is 376 g/mol. The Kier molecular flexibility index (Phi) is 4.94. The maximum Gasteiger partial charge on any atom is 0.338 e. The van der Waals surface area contributed by atoms with Gasteiger partial charge in [-0.15, -0.1) is 0 Å². The minimum absolute atomic E-state index is 0.106. The lowest BCUT2D eigenvalue weighted by Gasteiger charge is -2.06. The first-order valence-electron chi connectivity index (χ1n) is 7.68. The summed E-state index contributed by atoms with van der Waals surface area (Å²) >= 11 is 0. The fourth-order valence-corrected chi connectivity index (χ4v) is 3.21. The second-order valence-corrected chi connectivity index (χ2v) is 7.97. The fraction of sp³-hybridized carbons (Fsp3) is 0.222. The van der Waals surface area contributed by atoms with Crippen molar-refractivity contribution in [3.05, 3.63) is 59.2 Å². The van der Waals surface area contributed by atoms with Crippen LogP contribution in [0.15, 0.2) is 42.5 Å².